The first kappa shape index (κ1) is 15.2. The number of hydrogen-bond acceptors (Lipinski definition) is 6. The van der Waals surface area contributed by atoms with Crippen molar-refractivity contribution in [1.82, 2.24) is 15.0 Å². The molecule has 0 bridgehead atoms. The smallest absolute Gasteiger partial charge is 0.158 e. The van der Waals surface area contributed by atoms with Gasteiger partial charge in [0.05, 0.1) is 0 Å². The minimum atomic E-state index is 0.414. The molecule has 0 spiro atoms. The molecule has 6 heteroatoms. The lowest BCUT2D eigenvalue weighted by Crippen LogP contribution is -2.09. The van der Waals surface area contributed by atoms with Crippen LogP contribution in [-0.4, -0.2) is 28.1 Å². The quantitative estimate of drug-likeness (QED) is 0.777. The normalized spacial score (nSPS) is 10.4. The summed E-state index contributed by atoms with van der Waals surface area (Å²) in [6.07, 6.45) is 3.60. The zero-order valence-corrected chi connectivity index (χ0v) is 12.5. The van der Waals surface area contributed by atoms with Crippen LogP contribution in [0.2, 0.25) is 0 Å². The Morgan fingerprint density at radius 3 is 2.62 bits per heavy atom. The van der Waals surface area contributed by atoms with Gasteiger partial charge in [0.25, 0.3) is 0 Å². The largest absolute Gasteiger partial charge is 0.374 e. The molecule has 2 aromatic heterocycles. The van der Waals surface area contributed by atoms with Gasteiger partial charge in [-0.05, 0) is 25.5 Å². The summed E-state index contributed by atoms with van der Waals surface area (Å²) in [4.78, 5) is 13.0. The third-order valence-corrected chi connectivity index (χ3v) is 2.76. The summed E-state index contributed by atoms with van der Waals surface area (Å²) in [7, 11) is 0. The molecule has 2 aromatic rings. The van der Waals surface area contributed by atoms with Crippen LogP contribution < -0.4 is 10.6 Å². The van der Waals surface area contributed by atoms with Crippen molar-refractivity contribution in [3.8, 4) is 0 Å². The maximum Gasteiger partial charge on any atom is 0.158 e. The Hall–Kier alpha value is -2.21. The first-order valence-electron chi connectivity index (χ1n) is 7.14. The average molecular weight is 287 g/mol. The summed E-state index contributed by atoms with van der Waals surface area (Å²) in [6.45, 7) is 6.53. The van der Waals surface area contributed by atoms with Crippen molar-refractivity contribution < 1.29 is 4.74 Å². The Morgan fingerprint density at radius 2 is 1.95 bits per heavy atom. The molecule has 0 aliphatic heterocycles. The lowest BCUT2D eigenvalue weighted by Gasteiger charge is -2.10. The van der Waals surface area contributed by atoms with Crippen LogP contribution in [0.3, 0.4) is 0 Å². The number of rotatable bonds is 8. The van der Waals surface area contributed by atoms with Crippen LogP contribution in [0.25, 0.3) is 0 Å². The molecule has 2 N–H and O–H groups in total. The lowest BCUT2D eigenvalue weighted by molar-refractivity contribution is 0.128. The molecule has 0 aliphatic carbocycles. The molecule has 2 rings (SSSR count). The molecule has 6 nitrogen and oxygen atoms in total. The summed E-state index contributed by atoms with van der Waals surface area (Å²) in [5.74, 6) is 2.25. The van der Waals surface area contributed by atoms with Gasteiger partial charge in [-0.2, -0.15) is 0 Å². The van der Waals surface area contributed by atoms with Crippen LogP contribution in [0.15, 0.2) is 30.6 Å². The van der Waals surface area contributed by atoms with E-state index < -0.39 is 0 Å². The fourth-order valence-electron chi connectivity index (χ4n) is 1.81. The zero-order valence-electron chi connectivity index (χ0n) is 12.5. The molecule has 0 fully saturated rings. The van der Waals surface area contributed by atoms with E-state index in [4.69, 9.17) is 4.74 Å². The SMILES string of the molecule is CCNc1cc(NCc2cccnc2)nc(COCC)n1. The third-order valence-electron chi connectivity index (χ3n) is 2.76. The monoisotopic (exact) mass is 287 g/mol. The number of nitrogens with one attached hydrogen (secondary N) is 2. The third kappa shape index (κ3) is 5.00. The molecular weight excluding hydrogens is 266 g/mol. The highest BCUT2D eigenvalue weighted by Crippen LogP contribution is 2.13. The Morgan fingerprint density at radius 1 is 1.14 bits per heavy atom. The molecule has 0 radical (unpaired) electrons. The van der Waals surface area contributed by atoms with Crippen molar-refractivity contribution in [1.29, 1.82) is 0 Å². The van der Waals surface area contributed by atoms with E-state index in [0.717, 1.165) is 23.7 Å². The van der Waals surface area contributed by atoms with Crippen LogP contribution in [0.4, 0.5) is 11.6 Å². The van der Waals surface area contributed by atoms with Crippen molar-refractivity contribution in [2.24, 2.45) is 0 Å². The van der Waals surface area contributed by atoms with Gasteiger partial charge in [0.15, 0.2) is 5.82 Å². The maximum atomic E-state index is 5.38. The van der Waals surface area contributed by atoms with Crippen LogP contribution in [-0.2, 0) is 17.9 Å². The Bertz CT molecular complexity index is 547. The summed E-state index contributed by atoms with van der Waals surface area (Å²) in [5.41, 5.74) is 1.10. The molecule has 0 saturated heterocycles. The van der Waals surface area contributed by atoms with Crippen LogP contribution in [0, 0.1) is 0 Å². The van der Waals surface area contributed by atoms with E-state index in [1.54, 1.807) is 6.20 Å². The Balaban J connectivity index is 2.07. The molecule has 0 aromatic carbocycles. The average Bonchev–Trinajstić information content (AvgIpc) is 2.52. The van der Waals surface area contributed by atoms with Gasteiger partial charge in [-0.1, -0.05) is 6.07 Å². The minimum Gasteiger partial charge on any atom is -0.374 e. The second-order valence-electron chi connectivity index (χ2n) is 4.44. The van der Waals surface area contributed by atoms with Gasteiger partial charge in [-0.25, -0.2) is 9.97 Å². The van der Waals surface area contributed by atoms with Crippen LogP contribution in [0.5, 0.6) is 0 Å². The van der Waals surface area contributed by atoms with Crippen LogP contribution >= 0.6 is 0 Å². The van der Waals surface area contributed by atoms with Crippen molar-refractivity contribution in [2.45, 2.75) is 27.0 Å². The predicted molar refractivity (Wildman–Crippen MR) is 83.1 cm³/mol. The van der Waals surface area contributed by atoms with Gasteiger partial charge in [-0.3, -0.25) is 4.98 Å². The summed E-state index contributed by atoms with van der Waals surface area (Å²) in [6, 6.07) is 5.84. The highest BCUT2D eigenvalue weighted by atomic mass is 16.5. The molecule has 0 atom stereocenters. The Labute approximate surface area is 125 Å². The highest BCUT2D eigenvalue weighted by Gasteiger charge is 2.04. The van der Waals surface area contributed by atoms with Gasteiger partial charge in [0.2, 0.25) is 0 Å². The number of ether oxygens (including phenoxy) is 1. The topological polar surface area (TPSA) is 72.0 Å². The number of anilines is 2. The van der Waals surface area contributed by atoms with E-state index in [1.165, 1.54) is 0 Å². The van der Waals surface area contributed by atoms with Crippen molar-refractivity contribution in [3.05, 3.63) is 42.0 Å². The summed E-state index contributed by atoms with van der Waals surface area (Å²) < 4.78 is 5.38. The number of aromatic nitrogens is 3. The Kier molecular flexibility index (Phi) is 5.90. The molecule has 0 aliphatic rings. The summed E-state index contributed by atoms with van der Waals surface area (Å²) >= 11 is 0. The molecule has 0 saturated carbocycles. The number of hydrogen-bond donors (Lipinski definition) is 2. The first-order valence-corrected chi connectivity index (χ1v) is 7.14. The van der Waals surface area contributed by atoms with E-state index >= 15 is 0 Å². The highest BCUT2D eigenvalue weighted by molar-refractivity contribution is 5.47. The predicted octanol–water partition coefficient (Wildman–Crippen LogP) is 2.45. The lowest BCUT2D eigenvalue weighted by atomic mass is 10.3. The van der Waals surface area contributed by atoms with Crippen LogP contribution in [0.1, 0.15) is 25.2 Å². The fraction of sp³-hybridized carbons (Fsp3) is 0.400. The molecule has 0 amide bonds. The van der Waals surface area contributed by atoms with Crippen molar-refractivity contribution >= 4 is 11.6 Å². The van der Waals surface area contributed by atoms with E-state index in [0.29, 0.717) is 25.6 Å². The van der Waals surface area contributed by atoms with Crippen molar-refractivity contribution in [3.63, 3.8) is 0 Å². The molecule has 0 unspecified atom stereocenters. The van der Waals surface area contributed by atoms with E-state index in [9.17, 15) is 0 Å². The standard InChI is InChI=1S/C15H21N5O/c1-3-17-13-8-14(20-15(19-13)11-21-4-2)18-10-12-6-5-7-16-9-12/h5-9H,3-4,10-11H2,1-2H3,(H2,17,18,19,20). The van der Waals surface area contributed by atoms with Gasteiger partial charge < -0.3 is 15.4 Å². The molecular formula is C15H21N5O. The van der Waals surface area contributed by atoms with Gasteiger partial charge >= 0.3 is 0 Å². The minimum absolute atomic E-state index is 0.414. The zero-order chi connectivity index (χ0) is 14.9. The second kappa shape index (κ2) is 8.16. The molecule has 2 heterocycles. The number of pyridine rings is 1. The van der Waals surface area contributed by atoms with Crippen molar-refractivity contribution in [2.75, 3.05) is 23.8 Å². The second-order valence-corrected chi connectivity index (χ2v) is 4.44. The van der Waals surface area contributed by atoms with Gasteiger partial charge in [0.1, 0.15) is 18.2 Å². The van der Waals surface area contributed by atoms with E-state index in [2.05, 4.69) is 25.6 Å². The van der Waals surface area contributed by atoms with E-state index in [-0.39, 0.29) is 0 Å². The molecule has 112 valence electrons. The van der Waals surface area contributed by atoms with E-state index in [1.807, 2.05) is 38.2 Å². The van der Waals surface area contributed by atoms with Gasteiger partial charge in [-0.15, -0.1) is 0 Å². The maximum absolute atomic E-state index is 5.38. The molecule has 21 heavy (non-hydrogen) atoms. The fourth-order valence-corrected chi connectivity index (χ4v) is 1.81. The number of nitrogens with zero attached hydrogens (tertiary/aromatic N) is 3. The summed E-state index contributed by atoms with van der Waals surface area (Å²) in [5, 5.41) is 6.49. The first-order chi connectivity index (χ1) is 10.3. The van der Waals surface area contributed by atoms with Gasteiger partial charge in [0, 0.05) is 38.2 Å².